The van der Waals surface area contributed by atoms with Crippen LogP contribution >= 0.6 is 18.1 Å². The van der Waals surface area contributed by atoms with E-state index in [1.54, 1.807) is 0 Å². The Bertz CT molecular complexity index is 409. The molecule has 0 fully saturated rings. The molecule has 17 heavy (non-hydrogen) atoms. The lowest BCUT2D eigenvalue weighted by atomic mass is 10.1. The average Bonchev–Trinajstić information content (AvgIpc) is 2.27. The molecule has 1 rings (SSSR count). The summed E-state index contributed by atoms with van der Waals surface area (Å²) in [5, 5.41) is 2.99. The minimum Gasteiger partial charge on any atom is -0.313 e. The summed E-state index contributed by atoms with van der Waals surface area (Å²) in [4.78, 5) is 0. The zero-order valence-corrected chi connectivity index (χ0v) is 12.5. The summed E-state index contributed by atoms with van der Waals surface area (Å²) in [5.41, 5.74) is 2.41. The predicted molar refractivity (Wildman–Crippen MR) is 75.4 cm³/mol. The molecule has 0 heterocycles. The van der Waals surface area contributed by atoms with E-state index in [1.165, 1.54) is 29.6 Å². The monoisotopic (exact) mass is 273 g/mol. The fraction of sp³-hybridized carbons (Fsp3) is 0.500. The highest BCUT2D eigenvalue weighted by Crippen LogP contribution is 2.56. The maximum absolute atomic E-state index is 12.3. The Labute approximate surface area is 108 Å². The van der Waals surface area contributed by atoms with Crippen LogP contribution in [-0.4, -0.2) is 13.2 Å². The molecule has 1 aromatic carbocycles. The van der Waals surface area contributed by atoms with E-state index in [4.69, 9.17) is 4.52 Å². The number of nitrogens with one attached hydrogen (secondary N) is 1. The van der Waals surface area contributed by atoms with E-state index in [2.05, 4.69) is 24.1 Å². The fourth-order valence-corrected chi connectivity index (χ4v) is 5.04. The third-order valence-electron chi connectivity index (χ3n) is 2.31. The summed E-state index contributed by atoms with van der Waals surface area (Å²) < 4.78 is 17.4. The molecule has 1 aromatic rings. The molecule has 0 saturated carbocycles. The molecular formula is C12H20NO2PS. The second-order valence-corrected chi connectivity index (χ2v) is 8.55. The van der Waals surface area contributed by atoms with Crippen LogP contribution in [0.3, 0.4) is 0 Å². The summed E-state index contributed by atoms with van der Waals surface area (Å²) in [5.74, 6) is 0.692. The van der Waals surface area contributed by atoms with Gasteiger partial charge in [-0.25, -0.2) is 5.09 Å². The van der Waals surface area contributed by atoms with Crippen molar-refractivity contribution in [2.45, 2.75) is 32.6 Å². The molecular weight excluding hydrogens is 253 g/mol. The summed E-state index contributed by atoms with van der Waals surface area (Å²) in [6, 6.07) is 8.26. The maximum atomic E-state index is 12.3. The van der Waals surface area contributed by atoms with Crippen LogP contribution in [0.15, 0.2) is 24.3 Å². The van der Waals surface area contributed by atoms with Crippen LogP contribution in [-0.2, 0) is 14.8 Å². The third kappa shape index (κ3) is 4.84. The normalized spacial score (nSPS) is 14.9. The molecule has 96 valence electrons. The minimum atomic E-state index is -2.78. The number of hydrogen-bond donors (Lipinski definition) is 1. The van der Waals surface area contributed by atoms with Gasteiger partial charge in [-0.15, -0.1) is 0 Å². The van der Waals surface area contributed by atoms with Crippen molar-refractivity contribution >= 4 is 18.1 Å². The van der Waals surface area contributed by atoms with E-state index < -0.39 is 6.72 Å². The molecule has 1 N–H and O–H groups in total. The van der Waals surface area contributed by atoms with Gasteiger partial charge in [0.2, 0.25) is 0 Å². The van der Waals surface area contributed by atoms with Gasteiger partial charge in [-0.2, -0.15) is 0 Å². The van der Waals surface area contributed by atoms with E-state index in [9.17, 15) is 4.57 Å². The van der Waals surface area contributed by atoms with E-state index in [0.29, 0.717) is 5.75 Å². The minimum absolute atomic E-state index is 0.144. The van der Waals surface area contributed by atoms with E-state index in [-0.39, 0.29) is 6.04 Å². The van der Waals surface area contributed by atoms with Crippen molar-refractivity contribution in [3.63, 3.8) is 0 Å². The number of hydrogen-bond acceptors (Lipinski definition) is 3. The smallest absolute Gasteiger partial charge is 0.313 e. The Morgan fingerprint density at radius 1 is 1.41 bits per heavy atom. The summed E-state index contributed by atoms with van der Waals surface area (Å²) in [7, 11) is 1.49. The number of rotatable bonds is 6. The topological polar surface area (TPSA) is 38.3 Å². The van der Waals surface area contributed by atoms with Crippen molar-refractivity contribution in [1.29, 1.82) is 0 Å². The lowest BCUT2D eigenvalue weighted by molar-refractivity contribution is 0.394. The van der Waals surface area contributed by atoms with Gasteiger partial charge in [0.15, 0.2) is 0 Å². The Balaban J connectivity index is 2.65. The highest BCUT2D eigenvalue weighted by atomic mass is 32.7. The van der Waals surface area contributed by atoms with Gasteiger partial charge in [0.05, 0.1) is 0 Å². The van der Waals surface area contributed by atoms with Gasteiger partial charge < -0.3 is 4.52 Å². The van der Waals surface area contributed by atoms with Gasteiger partial charge in [-0.05, 0) is 43.3 Å². The van der Waals surface area contributed by atoms with Crippen LogP contribution in [0.2, 0.25) is 0 Å². The Morgan fingerprint density at radius 3 is 2.59 bits per heavy atom. The van der Waals surface area contributed by atoms with Crippen LogP contribution in [0, 0.1) is 6.92 Å². The van der Waals surface area contributed by atoms with Crippen LogP contribution in [0.1, 0.15) is 25.0 Å². The Kier molecular flexibility index (Phi) is 5.74. The van der Waals surface area contributed by atoms with Crippen molar-refractivity contribution in [1.82, 2.24) is 5.09 Å². The highest BCUT2D eigenvalue weighted by molar-refractivity contribution is 8.55. The molecule has 5 heteroatoms. The molecule has 1 atom stereocenters. The molecule has 0 saturated heterocycles. The van der Waals surface area contributed by atoms with Crippen molar-refractivity contribution in [2.75, 3.05) is 7.11 Å². The molecule has 0 aliphatic rings. The molecule has 0 amide bonds. The van der Waals surface area contributed by atoms with Crippen LogP contribution in [0.4, 0.5) is 0 Å². The largest absolute Gasteiger partial charge is 0.326 e. The zero-order valence-electron chi connectivity index (χ0n) is 10.8. The first kappa shape index (κ1) is 14.8. The second kappa shape index (κ2) is 6.60. The van der Waals surface area contributed by atoms with Crippen molar-refractivity contribution < 1.29 is 9.09 Å². The van der Waals surface area contributed by atoms with Gasteiger partial charge in [0, 0.05) is 18.9 Å². The predicted octanol–water partition coefficient (Wildman–Crippen LogP) is 3.98. The third-order valence-corrected chi connectivity index (χ3v) is 6.57. The van der Waals surface area contributed by atoms with Gasteiger partial charge in [0.25, 0.3) is 0 Å². The number of aryl methyl sites for hydroxylation is 1. The standard InChI is InChI=1S/C12H20NO2PS/c1-10(2)13-16(14,15-4)17-9-12-8-6-5-7-11(12)3/h5-8,10H,9H2,1-4H3,(H,13,14). The van der Waals surface area contributed by atoms with Crippen molar-refractivity contribution in [2.24, 2.45) is 0 Å². The molecule has 0 aliphatic carbocycles. The van der Waals surface area contributed by atoms with E-state index in [0.717, 1.165) is 0 Å². The molecule has 1 unspecified atom stereocenters. The van der Waals surface area contributed by atoms with Gasteiger partial charge >= 0.3 is 6.72 Å². The average molecular weight is 273 g/mol. The van der Waals surface area contributed by atoms with Crippen LogP contribution in [0.5, 0.6) is 0 Å². The van der Waals surface area contributed by atoms with Gasteiger partial charge in [-0.3, -0.25) is 4.57 Å². The quantitative estimate of drug-likeness (QED) is 0.796. The molecule has 3 nitrogen and oxygen atoms in total. The summed E-state index contributed by atoms with van der Waals surface area (Å²) in [6.07, 6.45) is 0. The van der Waals surface area contributed by atoms with Gasteiger partial charge in [-0.1, -0.05) is 24.3 Å². The molecule has 0 radical (unpaired) electrons. The zero-order chi connectivity index (χ0) is 12.9. The maximum Gasteiger partial charge on any atom is 0.326 e. The fourth-order valence-electron chi connectivity index (χ4n) is 1.39. The number of benzene rings is 1. The second-order valence-electron chi connectivity index (χ2n) is 4.16. The van der Waals surface area contributed by atoms with Gasteiger partial charge in [0.1, 0.15) is 0 Å². The summed E-state index contributed by atoms with van der Waals surface area (Å²) >= 11 is 1.34. The van der Waals surface area contributed by atoms with E-state index >= 15 is 0 Å². The molecule has 0 bridgehead atoms. The van der Waals surface area contributed by atoms with Crippen molar-refractivity contribution in [3.05, 3.63) is 35.4 Å². The first-order valence-corrected chi connectivity index (χ1v) is 8.81. The van der Waals surface area contributed by atoms with Crippen LogP contribution < -0.4 is 5.09 Å². The lowest BCUT2D eigenvalue weighted by Gasteiger charge is -2.19. The first-order chi connectivity index (χ1) is 7.97. The Morgan fingerprint density at radius 2 is 2.06 bits per heavy atom. The van der Waals surface area contributed by atoms with E-state index in [1.807, 2.05) is 26.0 Å². The molecule has 0 aromatic heterocycles. The van der Waals surface area contributed by atoms with Crippen molar-refractivity contribution in [3.8, 4) is 0 Å². The first-order valence-electron chi connectivity index (χ1n) is 5.59. The summed E-state index contributed by atoms with van der Waals surface area (Å²) in [6.45, 7) is 3.20. The highest BCUT2D eigenvalue weighted by Gasteiger charge is 2.23. The molecule has 0 aliphatic heterocycles. The lowest BCUT2D eigenvalue weighted by Crippen LogP contribution is -2.18. The SMILES string of the molecule is COP(=O)(NC(C)C)SCc1ccccc1C. The van der Waals surface area contributed by atoms with Crippen LogP contribution in [0.25, 0.3) is 0 Å². The molecule has 0 spiro atoms. The Hall–Kier alpha value is -0.280.